The average Bonchev–Trinajstić information content (AvgIpc) is 2.36. The topological polar surface area (TPSA) is 96.6 Å². The highest BCUT2D eigenvalue weighted by Crippen LogP contribution is 2.51. The Labute approximate surface area is 152 Å². The summed E-state index contributed by atoms with van der Waals surface area (Å²) in [6.07, 6.45) is 0. The normalized spacial score (nSPS) is 12.3. The molecule has 0 spiro atoms. The van der Waals surface area contributed by atoms with Gasteiger partial charge in [0.25, 0.3) is 0 Å². The van der Waals surface area contributed by atoms with E-state index in [0.29, 0.717) is 0 Å². The molecule has 0 radical (unpaired) electrons. The monoisotopic (exact) mass is 423 g/mol. The average molecular weight is 425 g/mol. The maximum Gasteiger partial charge on any atom is 0.382 e. The van der Waals surface area contributed by atoms with Gasteiger partial charge in [-0.05, 0) is 20.8 Å². The molecule has 1 rings (SSSR count). The number of nitro groups is 1. The molecular formula is C10H13Cl3N3O5PS. The molecule has 0 atom stereocenters. The molecule has 0 aliphatic heterocycles. The first-order valence-electron chi connectivity index (χ1n) is 6.23. The van der Waals surface area contributed by atoms with Gasteiger partial charge in [0.15, 0.2) is 5.82 Å². The summed E-state index contributed by atoms with van der Waals surface area (Å²) in [7, 11) is 0. The summed E-state index contributed by atoms with van der Waals surface area (Å²) in [5, 5.41) is 11.2. The van der Waals surface area contributed by atoms with Crippen LogP contribution in [0.3, 0.4) is 0 Å². The predicted molar refractivity (Wildman–Crippen MR) is 90.8 cm³/mol. The minimum absolute atomic E-state index is 0.0455. The zero-order chi connectivity index (χ0) is 17.8. The lowest BCUT2D eigenvalue weighted by Crippen LogP contribution is -2.13. The van der Waals surface area contributed by atoms with Crippen molar-refractivity contribution in [2.75, 3.05) is 13.2 Å². The first kappa shape index (κ1) is 20.8. The van der Waals surface area contributed by atoms with Crippen LogP contribution in [0.2, 0.25) is 0 Å². The predicted octanol–water partition coefficient (Wildman–Crippen LogP) is 4.20. The van der Waals surface area contributed by atoms with Gasteiger partial charge in [-0.15, -0.1) is 0 Å². The number of rotatable bonds is 7. The number of aromatic nitrogens is 2. The van der Waals surface area contributed by atoms with E-state index in [1.807, 2.05) is 0 Å². The van der Waals surface area contributed by atoms with Crippen LogP contribution in [0.1, 0.15) is 25.4 Å². The standard InChI is InChI=1S/C10H13Cl3N3O5PS/c1-4-19-22(23,20-5-2)21-8-7(16(17)18)6(3)14-9(15-8)10(11,12)13/h4-5H2,1-3H3. The van der Waals surface area contributed by atoms with Crippen LogP contribution in [0.5, 0.6) is 5.88 Å². The Balaban J connectivity index is 3.44. The van der Waals surface area contributed by atoms with E-state index in [1.54, 1.807) is 13.8 Å². The van der Waals surface area contributed by atoms with Crippen LogP contribution in [0.4, 0.5) is 5.69 Å². The van der Waals surface area contributed by atoms with Crippen molar-refractivity contribution in [3.05, 3.63) is 21.6 Å². The van der Waals surface area contributed by atoms with Gasteiger partial charge in [0, 0.05) is 11.8 Å². The molecule has 1 heterocycles. The maximum atomic E-state index is 11.2. The lowest BCUT2D eigenvalue weighted by Gasteiger charge is -2.21. The van der Waals surface area contributed by atoms with Gasteiger partial charge in [-0.1, -0.05) is 34.8 Å². The van der Waals surface area contributed by atoms with Crippen molar-refractivity contribution in [3.63, 3.8) is 0 Å². The third-order valence-electron chi connectivity index (χ3n) is 2.24. The number of halogens is 3. The zero-order valence-electron chi connectivity index (χ0n) is 12.3. The van der Waals surface area contributed by atoms with Gasteiger partial charge in [0.2, 0.25) is 3.79 Å². The Bertz CT molecular complexity index is 633. The lowest BCUT2D eigenvalue weighted by molar-refractivity contribution is -0.386. The summed E-state index contributed by atoms with van der Waals surface area (Å²) in [5.41, 5.74) is -0.549. The quantitative estimate of drug-likeness (QED) is 0.278. The second-order valence-corrected chi connectivity index (χ2v) is 9.13. The Morgan fingerprint density at radius 1 is 1.26 bits per heavy atom. The van der Waals surface area contributed by atoms with Crippen molar-refractivity contribution < 1.29 is 18.5 Å². The number of aryl methyl sites for hydroxylation is 1. The van der Waals surface area contributed by atoms with E-state index in [4.69, 9.17) is 60.2 Å². The summed E-state index contributed by atoms with van der Waals surface area (Å²) < 4.78 is 14.0. The first-order chi connectivity index (χ1) is 10.5. The van der Waals surface area contributed by atoms with E-state index in [2.05, 4.69) is 9.97 Å². The highest BCUT2D eigenvalue weighted by molar-refractivity contribution is 8.07. The summed E-state index contributed by atoms with van der Waals surface area (Å²) in [6.45, 7) is 1.79. The number of nitrogens with zero attached hydrogens (tertiary/aromatic N) is 3. The summed E-state index contributed by atoms with van der Waals surface area (Å²) in [5.74, 6) is -0.746. The van der Waals surface area contributed by atoms with Crippen LogP contribution < -0.4 is 4.52 Å². The molecule has 0 N–H and O–H groups in total. The van der Waals surface area contributed by atoms with Crippen LogP contribution in [-0.2, 0) is 24.6 Å². The molecule has 0 aliphatic carbocycles. The van der Waals surface area contributed by atoms with Gasteiger partial charge in [-0.2, -0.15) is 4.98 Å². The van der Waals surface area contributed by atoms with Crippen LogP contribution in [0.25, 0.3) is 0 Å². The fourth-order valence-electron chi connectivity index (χ4n) is 1.45. The fourth-order valence-corrected chi connectivity index (χ4v) is 3.70. The third-order valence-corrected chi connectivity index (χ3v) is 5.14. The minimum Gasteiger partial charge on any atom is -0.399 e. The van der Waals surface area contributed by atoms with E-state index in [0.717, 1.165) is 0 Å². The van der Waals surface area contributed by atoms with Gasteiger partial charge >= 0.3 is 18.3 Å². The lowest BCUT2D eigenvalue weighted by atomic mass is 10.3. The number of alkyl halides is 3. The van der Waals surface area contributed by atoms with Gasteiger partial charge in [0.1, 0.15) is 5.69 Å². The molecule has 0 saturated heterocycles. The van der Waals surface area contributed by atoms with Crippen molar-refractivity contribution >= 4 is 59.0 Å². The van der Waals surface area contributed by atoms with Gasteiger partial charge in [-0.25, -0.2) is 4.98 Å². The van der Waals surface area contributed by atoms with Crippen LogP contribution in [0, 0.1) is 17.0 Å². The SMILES string of the molecule is CCOP(=S)(OCC)Oc1nc(C(Cl)(Cl)Cl)nc(C)c1[N+](=O)[O-]. The maximum absolute atomic E-state index is 11.2. The first-order valence-corrected chi connectivity index (χ1v) is 9.92. The Hall–Kier alpha value is -0.280. The fraction of sp³-hybridized carbons (Fsp3) is 0.600. The van der Waals surface area contributed by atoms with Gasteiger partial charge in [0.05, 0.1) is 18.1 Å². The molecule has 0 unspecified atom stereocenters. The second-order valence-electron chi connectivity index (χ2n) is 3.92. The molecule has 0 bridgehead atoms. The molecule has 1 aromatic rings. The Morgan fingerprint density at radius 3 is 2.17 bits per heavy atom. The van der Waals surface area contributed by atoms with E-state index < -0.39 is 27.0 Å². The molecule has 8 nitrogen and oxygen atoms in total. The van der Waals surface area contributed by atoms with Crippen molar-refractivity contribution in [1.29, 1.82) is 0 Å². The largest absolute Gasteiger partial charge is 0.399 e. The highest BCUT2D eigenvalue weighted by atomic mass is 35.6. The molecule has 0 fully saturated rings. The van der Waals surface area contributed by atoms with E-state index in [1.165, 1.54) is 6.92 Å². The Morgan fingerprint density at radius 2 is 1.78 bits per heavy atom. The van der Waals surface area contributed by atoms with Crippen LogP contribution >= 0.6 is 41.5 Å². The summed E-state index contributed by atoms with van der Waals surface area (Å²) >= 11 is 22.4. The van der Waals surface area contributed by atoms with Crippen molar-refractivity contribution in [1.82, 2.24) is 9.97 Å². The summed E-state index contributed by atoms with van der Waals surface area (Å²) in [6, 6.07) is 0. The molecule has 0 saturated carbocycles. The third kappa shape index (κ3) is 5.63. The molecule has 0 aromatic carbocycles. The second kappa shape index (κ2) is 8.20. The van der Waals surface area contributed by atoms with Crippen molar-refractivity contribution in [3.8, 4) is 5.88 Å². The smallest absolute Gasteiger partial charge is 0.382 e. The van der Waals surface area contributed by atoms with Gasteiger partial charge < -0.3 is 4.52 Å². The molecule has 23 heavy (non-hydrogen) atoms. The van der Waals surface area contributed by atoms with Gasteiger partial charge in [-0.3, -0.25) is 19.2 Å². The summed E-state index contributed by atoms with van der Waals surface area (Å²) in [4.78, 5) is 18.2. The minimum atomic E-state index is -3.29. The molecule has 0 amide bonds. The van der Waals surface area contributed by atoms with Crippen molar-refractivity contribution in [2.45, 2.75) is 24.6 Å². The zero-order valence-corrected chi connectivity index (χ0v) is 16.3. The molecule has 0 aliphatic rings. The molecule has 13 heteroatoms. The van der Waals surface area contributed by atoms with E-state index in [-0.39, 0.29) is 24.7 Å². The number of hydrogen-bond acceptors (Lipinski definition) is 8. The molecular weight excluding hydrogens is 412 g/mol. The van der Waals surface area contributed by atoms with E-state index in [9.17, 15) is 10.1 Å². The highest BCUT2D eigenvalue weighted by Gasteiger charge is 2.35. The van der Waals surface area contributed by atoms with Crippen molar-refractivity contribution in [2.24, 2.45) is 0 Å². The molecule has 1 aromatic heterocycles. The molecule has 130 valence electrons. The Kier molecular flexibility index (Phi) is 7.40. The van der Waals surface area contributed by atoms with E-state index >= 15 is 0 Å². The number of hydrogen-bond donors (Lipinski definition) is 0. The van der Waals surface area contributed by atoms with Crippen LogP contribution in [0.15, 0.2) is 0 Å². The van der Waals surface area contributed by atoms with Crippen LogP contribution in [-0.4, -0.2) is 28.1 Å².